The maximum atomic E-state index is 12.2. The number of imidazole rings is 1. The van der Waals surface area contributed by atoms with Gasteiger partial charge >= 0.3 is 5.69 Å². The van der Waals surface area contributed by atoms with Crippen LogP contribution in [0, 0.1) is 6.92 Å². The average molecular weight is 294 g/mol. The van der Waals surface area contributed by atoms with Crippen LogP contribution in [0.2, 0.25) is 0 Å². The summed E-state index contributed by atoms with van der Waals surface area (Å²) in [6.07, 6.45) is 1.80. The van der Waals surface area contributed by atoms with E-state index in [1.54, 1.807) is 10.8 Å². The standard InChI is InChI=1S/C17H14N2O3/c1-11-2-5-13(6-3-11)19-9-14(18-17(19)20)12-4-7-15-16(8-12)22-10-21-15/h2-9H,10H2,1H3,(H,18,20). The summed E-state index contributed by atoms with van der Waals surface area (Å²) in [5, 5.41) is 0. The van der Waals surface area contributed by atoms with Crippen molar-refractivity contribution in [3.05, 3.63) is 64.7 Å². The topological polar surface area (TPSA) is 56.2 Å². The van der Waals surface area contributed by atoms with Crippen molar-refractivity contribution in [3.63, 3.8) is 0 Å². The van der Waals surface area contributed by atoms with Crippen molar-refractivity contribution in [2.45, 2.75) is 6.92 Å². The van der Waals surface area contributed by atoms with Gasteiger partial charge in [0.2, 0.25) is 6.79 Å². The summed E-state index contributed by atoms with van der Waals surface area (Å²) in [6.45, 7) is 2.25. The number of nitrogens with zero attached hydrogens (tertiary/aromatic N) is 1. The van der Waals surface area contributed by atoms with Gasteiger partial charge in [-0.2, -0.15) is 0 Å². The molecular formula is C17H14N2O3. The second-order valence-electron chi connectivity index (χ2n) is 5.25. The highest BCUT2D eigenvalue weighted by Crippen LogP contribution is 2.35. The highest BCUT2D eigenvalue weighted by molar-refractivity contribution is 5.64. The molecule has 0 atom stereocenters. The van der Waals surface area contributed by atoms with Crippen LogP contribution in [0.15, 0.2) is 53.5 Å². The molecule has 0 unspecified atom stereocenters. The molecule has 1 aromatic heterocycles. The molecule has 0 saturated carbocycles. The minimum Gasteiger partial charge on any atom is -0.454 e. The molecule has 4 rings (SSSR count). The van der Waals surface area contributed by atoms with Crippen LogP contribution < -0.4 is 15.2 Å². The predicted octanol–water partition coefficient (Wildman–Crippen LogP) is 2.87. The van der Waals surface area contributed by atoms with Crippen LogP contribution in [0.5, 0.6) is 11.5 Å². The van der Waals surface area contributed by atoms with E-state index in [4.69, 9.17) is 9.47 Å². The van der Waals surface area contributed by atoms with Crippen LogP contribution in [0.4, 0.5) is 0 Å². The first-order valence-corrected chi connectivity index (χ1v) is 6.99. The lowest BCUT2D eigenvalue weighted by atomic mass is 10.1. The third-order valence-electron chi connectivity index (χ3n) is 3.71. The minimum absolute atomic E-state index is 0.170. The number of nitrogens with one attached hydrogen (secondary N) is 1. The number of aromatic nitrogens is 2. The summed E-state index contributed by atoms with van der Waals surface area (Å²) in [5.74, 6) is 1.42. The maximum absolute atomic E-state index is 12.2. The van der Waals surface area contributed by atoms with Crippen molar-refractivity contribution in [2.75, 3.05) is 6.79 Å². The third kappa shape index (κ3) is 2.07. The zero-order valence-corrected chi connectivity index (χ0v) is 12.0. The fourth-order valence-corrected chi connectivity index (χ4v) is 2.50. The van der Waals surface area contributed by atoms with E-state index in [2.05, 4.69) is 4.98 Å². The molecule has 2 heterocycles. The lowest BCUT2D eigenvalue weighted by molar-refractivity contribution is 0.174. The summed E-state index contributed by atoms with van der Waals surface area (Å²) in [5.41, 5.74) is 3.44. The number of aromatic amines is 1. The van der Waals surface area contributed by atoms with E-state index in [1.165, 1.54) is 0 Å². The lowest BCUT2D eigenvalue weighted by Crippen LogP contribution is -2.13. The largest absolute Gasteiger partial charge is 0.454 e. The van der Waals surface area contributed by atoms with Crippen molar-refractivity contribution >= 4 is 0 Å². The van der Waals surface area contributed by atoms with Crippen LogP contribution in [0.3, 0.4) is 0 Å². The molecule has 0 fully saturated rings. The Morgan fingerprint density at radius 1 is 1.05 bits per heavy atom. The van der Waals surface area contributed by atoms with Gasteiger partial charge in [-0.15, -0.1) is 0 Å². The van der Waals surface area contributed by atoms with Crippen molar-refractivity contribution in [3.8, 4) is 28.4 Å². The molecule has 0 saturated heterocycles. The van der Waals surface area contributed by atoms with E-state index in [1.807, 2.05) is 49.4 Å². The van der Waals surface area contributed by atoms with Crippen molar-refractivity contribution < 1.29 is 9.47 Å². The Bertz CT molecular complexity index is 891. The number of H-pyrrole nitrogens is 1. The Kier molecular flexibility index (Phi) is 2.79. The second-order valence-corrected chi connectivity index (χ2v) is 5.25. The molecule has 1 N–H and O–H groups in total. The summed E-state index contributed by atoms with van der Waals surface area (Å²) in [4.78, 5) is 15.1. The quantitative estimate of drug-likeness (QED) is 0.790. The van der Waals surface area contributed by atoms with Crippen LogP contribution in [0.25, 0.3) is 16.9 Å². The third-order valence-corrected chi connectivity index (χ3v) is 3.71. The van der Waals surface area contributed by atoms with Gasteiger partial charge in [-0.25, -0.2) is 4.79 Å². The Labute approximate surface area is 126 Å². The van der Waals surface area contributed by atoms with Gasteiger partial charge in [0, 0.05) is 11.8 Å². The smallest absolute Gasteiger partial charge is 0.330 e. The van der Waals surface area contributed by atoms with Crippen LogP contribution in [0.1, 0.15) is 5.56 Å². The van der Waals surface area contributed by atoms with E-state index in [9.17, 15) is 4.79 Å². The molecule has 5 heteroatoms. The van der Waals surface area contributed by atoms with Gasteiger partial charge in [0.05, 0.1) is 11.4 Å². The van der Waals surface area contributed by atoms with Crippen LogP contribution >= 0.6 is 0 Å². The number of benzene rings is 2. The van der Waals surface area contributed by atoms with E-state index in [0.29, 0.717) is 5.75 Å². The normalized spacial score (nSPS) is 12.6. The predicted molar refractivity (Wildman–Crippen MR) is 82.7 cm³/mol. The lowest BCUT2D eigenvalue weighted by Gasteiger charge is -2.01. The van der Waals surface area contributed by atoms with E-state index in [-0.39, 0.29) is 12.5 Å². The zero-order valence-electron chi connectivity index (χ0n) is 12.0. The SMILES string of the molecule is Cc1ccc(-n2cc(-c3ccc4c(c3)OCO4)[nH]c2=O)cc1. The highest BCUT2D eigenvalue weighted by Gasteiger charge is 2.15. The molecule has 0 amide bonds. The highest BCUT2D eigenvalue weighted by atomic mass is 16.7. The Balaban J connectivity index is 1.77. The van der Waals surface area contributed by atoms with Gasteiger partial charge in [0.25, 0.3) is 0 Å². The second kappa shape index (κ2) is 4.80. The fraction of sp³-hybridized carbons (Fsp3) is 0.118. The van der Waals surface area contributed by atoms with Crippen molar-refractivity contribution in [1.82, 2.24) is 9.55 Å². The summed E-state index contributed by atoms with van der Waals surface area (Å²) in [7, 11) is 0. The Morgan fingerprint density at radius 3 is 2.64 bits per heavy atom. The van der Waals surface area contributed by atoms with Gasteiger partial charge < -0.3 is 14.5 Å². The first-order valence-electron chi connectivity index (χ1n) is 6.99. The van der Waals surface area contributed by atoms with E-state index >= 15 is 0 Å². The van der Waals surface area contributed by atoms with Gasteiger partial charge in [-0.05, 0) is 37.3 Å². The molecule has 0 radical (unpaired) electrons. The summed E-state index contributed by atoms with van der Waals surface area (Å²) in [6, 6.07) is 13.4. The molecule has 0 bridgehead atoms. The Hall–Kier alpha value is -2.95. The molecule has 0 aliphatic carbocycles. The molecule has 3 aromatic rings. The number of hydrogen-bond donors (Lipinski definition) is 1. The summed E-state index contributed by atoms with van der Waals surface area (Å²) >= 11 is 0. The molecular weight excluding hydrogens is 280 g/mol. The van der Waals surface area contributed by atoms with Gasteiger partial charge in [0.1, 0.15) is 0 Å². The molecule has 22 heavy (non-hydrogen) atoms. The first-order chi connectivity index (χ1) is 10.7. The monoisotopic (exact) mass is 294 g/mol. The maximum Gasteiger partial charge on any atom is 0.330 e. The van der Waals surface area contributed by atoms with Gasteiger partial charge in [-0.1, -0.05) is 17.7 Å². The molecule has 1 aliphatic heterocycles. The number of hydrogen-bond acceptors (Lipinski definition) is 3. The molecule has 0 spiro atoms. The van der Waals surface area contributed by atoms with Crippen LogP contribution in [-0.2, 0) is 0 Å². The molecule has 110 valence electrons. The Morgan fingerprint density at radius 2 is 1.82 bits per heavy atom. The van der Waals surface area contributed by atoms with Crippen molar-refractivity contribution in [2.24, 2.45) is 0 Å². The number of rotatable bonds is 2. The van der Waals surface area contributed by atoms with E-state index < -0.39 is 0 Å². The first kappa shape index (κ1) is 12.8. The number of aryl methyl sites for hydroxylation is 1. The minimum atomic E-state index is -0.170. The zero-order chi connectivity index (χ0) is 15.1. The number of ether oxygens (including phenoxy) is 2. The van der Waals surface area contributed by atoms with Gasteiger partial charge in [-0.3, -0.25) is 4.57 Å². The van der Waals surface area contributed by atoms with Crippen molar-refractivity contribution in [1.29, 1.82) is 0 Å². The summed E-state index contributed by atoms with van der Waals surface area (Å²) < 4.78 is 12.3. The molecule has 1 aliphatic rings. The van der Waals surface area contributed by atoms with E-state index in [0.717, 1.165) is 28.3 Å². The number of fused-ring (bicyclic) bond motifs is 1. The molecule has 2 aromatic carbocycles. The average Bonchev–Trinajstić information content (AvgIpc) is 3.13. The molecule has 5 nitrogen and oxygen atoms in total. The fourth-order valence-electron chi connectivity index (χ4n) is 2.50. The van der Waals surface area contributed by atoms with Crippen LogP contribution in [-0.4, -0.2) is 16.3 Å². The van der Waals surface area contributed by atoms with Gasteiger partial charge in [0.15, 0.2) is 11.5 Å².